The number of nitrogens with two attached hydrogens (primary N) is 1. The third-order valence-electron chi connectivity index (χ3n) is 2.87. The summed E-state index contributed by atoms with van der Waals surface area (Å²) in [6.45, 7) is 0.358. The molecule has 0 saturated heterocycles. The molecule has 0 saturated carbocycles. The van der Waals surface area contributed by atoms with Crippen molar-refractivity contribution < 1.29 is 14.3 Å². The van der Waals surface area contributed by atoms with Crippen LogP contribution in [0, 0.1) is 0 Å². The molecule has 4 N–H and O–H groups in total. The Labute approximate surface area is 127 Å². The van der Waals surface area contributed by atoms with E-state index in [1.165, 1.54) is 0 Å². The zero-order chi connectivity index (χ0) is 15.9. The van der Waals surface area contributed by atoms with E-state index in [-0.39, 0.29) is 5.91 Å². The van der Waals surface area contributed by atoms with Crippen molar-refractivity contribution in [3.8, 4) is 5.88 Å². The molecule has 114 valence electrons. The number of primary amides is 1. The van der Waals surface area contributed by atoms with Crippen molar-refractivity contribution in [2.75, 3.05) is 12.4 Å². The van der Waals surface area contributed by atoms with Crippen molar-refractivity contribution in [3.05, 3.63) is 53.7 Å². The lowest BCUT2D eigenvalue weighted by Gasteiger charge is -2.07. The van der Waals surface area contributed by atoms with Crippen LogP contribution in [0.15, 0.2) is 42.6 Å². The average molecular weight is 300 g/mol. The monoisotopic (exact) mass is 300 g/mol. The number of urea groups is 1. The molecule has 0 spiro atoms. The number of amides is 3. The predicted molar refractivity (Wildman–Crippen MR) is 81.6 cm³/mol. The highest BCUT2D eigenvalue weighted by Gasteiger charge is 2.06. The Morgan fingerprint density at radius 3 is 2.45 bits per heavy atom. The SMILES string of the molecule is COc1ccc(CNC(=O)c2ccc(NC(N)=O)cc2)cn1. The normalized spacial score (nSPS) is 9.86. The molecule has 2 rings (SSSR count). The van der Waals surface area contributed by atoms with Gasteiger partial charge in [-0.25, -0.2) is 9.78 Å². The van der Waals surface area contributed by atoms with E-state index in [2.05, 4.69) is 15.6 Å². The number of hydrogen-bond acceptors (Lipinski definition) is 4. The molecule has 0 fully saturated rings. The van der Waals surface area contributed by atoms with Crippen LogP contribution in [0.3, 0.4) is 0 Å². The number of ether oxygens (including phenoxy) is 1. The Morgan fingerprint density at radius 1 is 1.18 bits per heavy atom. The maximum atomic E-state index is 12.0. The fourth-order valence-electron chi connectivity index (χ4n) is 1.77. The molecule has 1 aromatic carbocycles. The van der Waals surface area contributed by atoms with Gasteiger partial charge in [-0.05, 0) is 29.8 Å². The molecule has 0 aliphatic rings. The maximum Gasteiger partial charge on any atom is 0.316 e. The quantitative estimate of drug-likeness (QED) is 0.778. The Kier molecular flexibility index (Phi) is 4.92. The number of carbonyl (C=O) groups excluding carboxylic acids is 2. The molecule has 3 amide bonds. The van der Waals surface area contributed by atoms with E-state index >= 15 is 0 Å². The van der Waals surface area contributed by atoms with Crippen molar-refractivity contribution >= 4 is 17.6 Å². The molecule has 7 heteroatoms. The van der Waals surface area contributed by atoms with Crippen LogP contribution < -0.4 is 21.1 Å². The van der Waals surface area contributed by atoms with Crippen LogP contribution in [0.4, 0.5) is 10.5 Å². The summed E-state index contributed by atoms with van der Waals surface area (Å²) in [6, 6.07) is 9.32. The van der Waals surface area contributed by atoms with Crippen molar-refractivity contribution in [3.63, 3.8) is 0 Å². The second kappa shape index (κ2) is 7.07. The Morgan fingerprint density at radius 2 is 1.91 bits per heavy atom. The molecule has 1 heterocycles. The summed E-state index contributed by atoms with van der Waals surface area (Å²) in [5.74, 6) is 0.300. The molecule has 0 atom stereocenters. The lowest BCUT2D eigenvalue weighted by molar-refractivity contribution is 0.0951. The first-order valence-corrected chi connectivity index (χ1v) is 6.52. The van der Waals surface area contributed by atoms with E-state index in [1.807, 2.05) is 6.07 Å². The number of aromatic nitrogens is 1. The van der Waals surface area contributed by atoms with Crippen molar-refractivity contribution in [2.45, 2.75) is 6.54 Å². The molecule has 0 aliphatic carbocycles. The summed E-state index contributed by atoms with van der Waals surface area (Å²) >= 11 is 0. The first kappa shape index (κ1) is 15.3. The number of carbonyl (C=O) groups is 2. The summed E-state index contributed by atoms with van der Waals surface area (Å²) < 4.78 is 4.97. The summed E-state index contributed by atoms with van der Waals surface area (Å²) in [4.78, 5) is 26.8. The number of benzene rings is 1. The Hall–Kier alpha value is -3.09. The van der Waals surface area contributed by atoms with Gasteiger partial charge in [0.15, 0.2) is 0 Å². The van der Waals surface area contributed by atoms with E-state index in [0.29, 0.717) is 23.7 Å². The summed E-state index contributed by atoms with van der Waals surface area (Å²) in [7, 11) is 1.54. The van der Waals surface area contributed by atoms with Crippen molar-refractivity contribution in [1.82, 2.24) is 10.3 Å². The second-order valence-electron chi connectivity index (χ2n) is 4.46. The van der Waals surface area contributed by atoms with Crippen LogP contribution in [0.2, 0.25) is 0 Å². The minimum atomic E-state index is -0.649. The first-order valence-electron chi connectivity index (χ1n) is 6.52. The first-order chi connectivity index (χ1) is 10.6. The van der Waals surface area contributed by atoms with Crippen LogP contribution in [-0.4, -0.2) is 24.0 Å². The van der Waals surface area contributed by atoms with Crippen molar-refractivity contribution in [1.29, 1.82) is 0 Å². The van der Waals surface area contributed by atoms with E-state index < -0.39 is 6.03 Å². The van der Waals surface area contributed by atoms with E-state index in [1.54, 1.807) is 43.6 Å². The minimum Gasteiger partial charge on any atom is -0.481 e. The number of rotatable bonds is 5. The van der Waals surface area contributed by atoms with Gasteiger partial charge in [-0.2, -0.15) is 0 Å². The number of anilines is 1. The molecule has 0 aliphatic heterocycles. The third-order valence-corrected chi connectivity index (χ3v) is 2.87. The molecular weight excluding hydrogens is 284 g/mol. The van der Waals surface area contributed by atoms with Gasteiger partial charge in [0.25, 0.3) is 5.91 Å². The van der Waals surface area contributed by atoms with Gasteiger partial charge in [-0.15, -0.1) is 0 Å². The zero-order valence-corrected chi connectivity index (χ0v) is 12.0. The molecular formula is C15H16N4O3. The van der Waals surface area contributed by atoms with Crippen molar-refractivity contribution in [2.24, 2.45) is 5.73 Å². The molecule has 0 bridgehead atoms. The van der Waals surface area contributed by atoms with Gasteiger partial charge >= 0.3 is 6.03 Å². The minimum absolute atomic E-state index is 0.221. The Balaban J connectivity index is 1.92. The van der Waals surface area contributed by atoms with E-state index in [9.17, 15) is 9.59 Å². The summed E-state index contributed by atoms with van der Waals surface area (Å²) in [5.41, 5.74) is 6.89. The Bertz CT molecular complexity index is 653. The van der Waals surface area contributed by atoms with Gasteiger partial charge < -0.3 is 21.1 Å². The molecule has 1 aromatic heterocycles. The van der Waals surface area contributed by atoms with Gasteiger partial charge in [0.05, 0.1) is 7.11 Å². The van der Waals surface area contributed by atoms with Crippen LogP contribution >= 0.6 is 0 Å². The number of nitrogens with zero attached hydrogens (tertiary/aromatic N) is 1. The molecule has 2 aromatic rings. The summed E-state index contributed by atoms with van der Waals surface area (Å²) in [6.07, 6.45) is 1.64. The highest BCUT2D eigenvalue weighted by Crippen LogP contribution is 2.10. The van der Waals surface area contributed by atoms with Gasteiger partial charge in [-0.1, -0.05) is 6.07 Å². The summed E-state index contributed by atoms with van der Waals surface area (Å²) in [5, 5.41) is 5.21. The lowest BCUT2D eigenvalue weighted by atomic mass is 10.2. The fourth-order valence-corrected chi connectivity index (χ4v) is 1.77. The second-order valence-corrected chi connectivity index (χ2v) is 4.46. The lowest BCUT2D eigenvalue weighted by Crippen LogP contribution is -2.23. The van der Waals surface area contributed by atoms with Gasteiger partial charge in [0.1, 0.15) is 0 Å². The largest absolute Gasteiger partial charge is 0.481 e. The highest BCUT2D eigenvalue weighted by molar-refractivity contribution is 5.95. The topological polar surface area (TPSA) is 106 Å². The van der Waals surface area contributed by atoms with Crippen LogP contribution in [0.25, 0.3) is 0 Å². The number of pyridine rings is 1. The van der Waals surface area contributed by atoms with Crippen LogP contribution in [0.1, 0.15) is 15.9 Å². The smallest absolute Gasteiger partial charge is 0.316 e. The molecule has 7 nitrogen and oxygen atoms in total. The molecule has 22 heavy (non-hydrogen) atoms. The molecule has 0 radical (unpaired) electrons. The zero-order valence-electron chi connectivity index (χ0n) is 12.0. The van der Waals surface area contributed by atoms with Crippen LogP contribution in [0.5, 0.6) is 5.88 Å². The fraction of sp³-hybridized carbons (Fsp3) is 0.133. The maximum absolute atomic E-state index is 12.0. The van der Waals surface area contributed by atoms with Gasteiger partial charge in [0, 0.05) is 30.1 Å². The average Bonchev–Trinajstić information content (AvgIpc) is 2.53. The van der Waals surface area contributed by atoms with Gasteiger partial charge in [-0.3, -0.25) is 4.79 Å². The van der Waals surface area contributed by atoms with Gasteiger partial charge in [0.2, 0.25) is 5.88 Å². The standard InChI is InChI=1S/C15H16N4O3/c1-22-13-7-2-10(8-17-13)9-18-14(20)11-3-5-12(6-4-11)19-15(16)21/h2-8H,9H2,1H3,(H,18,20)(H3,16,19,21). The van der Waals surface area contributed by atoms with Crippen LogP contribution in [-0.2, 0) is 6.54 Å². The van der Waals surface area contributed by atoms with E-state index in [0.717, 1.165) is 5.56 Å². The number of hydrogen-bond donors (Lipinski definition) is 3. The predicted octanol–water partition coefficient (Wildman–Crippen LogP) is 1.51. The number of methoxy groups -OCH3 is 1. The number of nitrogens with one attached hydrogen (secondary N) is 2. The third kappa shape index (κ3) is 4.20. The van der Waals surface area contributed by atoms with E-state index in [4.69, 9.17) is 10.5 Å². The highest BCUT2D eigenvalue weighted by atomic mass is 16.5. The molecule has 0 unspecified atom stereocenters.